The van der Waals surface area contributed by atoms with Crippen LogP contribution in [0.5, 0.6) is 0 Å². The van der Waals surface area contributed by atoms with Gasteiger partial charge in [-0.25, -0.2) is 0 Å². The number of aliphatic hydroxyl groups is 1. The maximum absolute atomic E-state index is 11.6. The van der Waals surface area contributed by atoms with Crippen LogP contribution in [0.15, 0.2) is 0 Å². The van der Waals surface area contributed by atoms with Gasteiger partial charge >= 0.3 is 0 Å². The van der Waals surface area contributed by atoms with Crippen LogP contribution in [0.1, 0.15) is 65.7 Å². The highest BCUT2D eigenvalue weighted by atomic mass is 28.4. The van der Waals surface area contributed by atoms with Crippen LogP contribution in [0.25, 0.3) is 0 Å². The molecule has 0 aromatic heterocycles. The molecule has 8 saturated carbocycles. The zero-order valence-corrected chi connectivity index (χ0v) is 18.9. The van der Waals surface area contributed by atoms with Crippen molar-refractivity contribution in [2.24, 2.45) is 52.8 Å². The molecule has 0 heterocycles. The number of rotatable bonds is 2. The first-order chi connectivity index (χ1) is 12.5. The van der Waals surface area contributed by atoms with Gasteiger partial charge in [-0.05, 0) is 116 Å². The van der Waals surface area contributed by atoms with Crippen molar-refractivity contribution in [3.05, 3.63) is 0 Å². The van der Waals surface area contributed by atoms with Gasteiger partial charge in [0, 0.05) is 0 Å². The molecule has 8 aliphatic carbocycles. The van der Waals surface area contributed by atoms with E-state index in [4.69, 9.17) is 4.43 Å². The standard InChI is InChI=1S/C24H38O2Si/c1-21(2,3)27(4,5)26-23-9-16-18-14-6-13-7-22(25)8-15(14)20(17(18)10-23)24(11-22,12-23)19(13)16/h13-20,25H,6-12H2,1-5H3. The maximum Gasteiger partial charge on any atom is 0.192 e. The van der Waals surface area contributed by atoms with Crippen LogP contribution < -0.4 is 0 Å². The van der Waals surface area contributed by atoms with Gasteiger partial charge in [-0.1, -0.05) is 20.8 Å². The van der Waals surface area contributed by atoms with Gasteiger partial charge in [-0.2, -0.15) is 0 Å². The number of hydrogen-bond acceptors (Lipinski definition) is 2. The van der Waals surface area contributed by atoms with E-state index in [2.05, 4.69) is 33.9 Å². The maximum atomic E-state index is 11.6. The van der Waals surface area contributed by atoms with Gasteiger partial charge in [0.15, 0.2) is 8.32 Å². The Bertz CT molecular complexity index is 737. The highest BCUT2D eigenvalue weighted by Gasteiger charge is 2.83. The second-order valence-electron chi connectivity index (χ2n) is 14.0. The first-order valence-electron chi connectivity index (χ1n) is 11.9. The molecule has 27 heavy (non-hydrogen) atoms. The summed E-state index contributed by atoms with van der Waals surface area (Å²) in [5.74, 6) is 7.46. The molecule has 8 aliphatic rings. The third-order valence-corrected chi connectivity index (χ3v) is 16.4. The summed E-state index contributed by atoms with van der Waals surface area (Å²) < 4.78 is 7.36. The fraction of sp³-hybridized carbons (Fsp3) is 1.00. The summed E-state index contributed by atoms with van der Waals surface area (Å²) >= 11 is 0. The van der Waals surface area contributed by atoms with Gasteiger partial charge in [0.05, 0.1) is 11.2 Å². The normalized spacial score (nSPS) is 64.2. The van der Waals surface area contributed by atoms with E-state index >= 15 is 0 Å². The molecule has 2 nitrogen and oxygen atoms in total. The predicted molar refractivity (Wildman–Crippen MR) is 109 cm³/mol. The van der Waals surface area contributed by atoms with E-state index in [0.717, 1.165) is 66.6 Å². The third kappa shape index (κ3) is 1.68. The van der Waals surface area contributed by atoms with Crippen LogP contribution in [-0.4, -0.2) is 24.6 Å². The molecule has 1 spiro atoms. The second-order valence-corrected chi connectivity index (χ2v) is 18.7. The molecule has 1 N–H and O–H groups in total. The summed E-state index contributed by atoms with van der Waals surface area (Å²) in [6.45, 7) is 12.1. The van der Waals surface area contributed by atoms with E-state index in [1.807, 2.05) is 0 Å². The Morgan fingerprint density at radius 3 is 2.30 bits per heavy atom. The van der Waals surface area contributed by atoms with Gasteiger partial charge in [0.2, 0.25) is 0 Å². The molecule has 8 bridgehead atoms. The highest BCUT2D eigenvalue weighted by molar-refractivity contribution is 6.74. The lowest BCUT2D eigenvalue weighted by molar-refractivity contribution is -0.300. The molecule has 150 valence electrons. The van der Waals surface area contributed by atoms with E-state index in [1.54, 1.807) is 0 Å². The molecule has 0 amide bonds. The molecule has 3 heteroatoms. The lowest BCUT2D eigenvalue weighted by Gasteiger charge is -2.76. The fourth-order valence-corrected chi connectivity index (χ4v) is 12.9. The molecule has 8 rings (SSSR count). The molecule has 11 unspecified atom stereocenters. The van der Waals surface area contributed by atoms with Crippen LogP contribution in [0.4, 0.5) is 0 Å². The van der Waals surface area contributed by atoms with E-state index in [-0.39, 0.29) is 11.2 Å². The van der Waals surface area contributed by atoms with Gasteiger partial charge in [-0.3, -0.25) is 0 Å². The Morgan fingerprint density at radius 1 is 0.889 bits per heavy atom. The summed E-state index contributed by atoms with van der Waals surface area (Å²) in [5.41, 5.74) is 0.304. The third-order valence-electron chi connectivity index (χ3n) is 11.9. The molecular formula is C24H38O2Si. The number of hydrogen-bond donors (Lipinski definition) is 1. The van der Waals surface area contributed by atoms with Crippen molar-refractivity contribution < 1.29 is 9.53 Å². The SMILES string of the molecule is CC(C)(C)[Si](C)(C)OC12CC3C4C5CC6CC7(O)CC5C(C4C1)C(C7)(C2)C63. The summed E-state index contributed by atoms with van der Waals surface area (Å²) in [7, 11) is -1.77. The number of fused-ring (bicyclic) bond motifs is 2. The smallest absolute Gasteiger partial charge is 0.192 e. The summed E-state index contributed by atoms with van der Waals surface area (Å²) in [5, 5.41) is 11.9. The topological polar surface area (TPSA) is 29.5 Å². The van der Waals surface area contributed by atoms with Crippen molar-refractivity contribution >= 4 is 8.32 Å². The zero-order chi connectivity index (χ0) is 18.8. The van der Waals surface area contributed by atoms with Crippen LogP contribution >= 0.6 is 0 Å². The van der Waals surface area contributed by atoms with Gasteiger partial charge < -0.3 is 9.53 Å². The van der Waals surface area contributed by atoms with Crippen LogP contribution in [0, 0.1) is 52.8 Å². The van der Waals surface area contributed by atoms with Crippen molar-refractivity contribution in [1.82, 2.24) is 0 Å². The first kappa shape index (κ1) is 16.9. The van der Waals surface area contributed by atoms with Crippen LogP contribution in [-0.2, 0) is 4.43 Å². The largest absolute Gasteiger partial charge is 0.411 e. The van der Waals surface area contributed by atoms with Gasteiger partial charge in [0.1, 0.15) is 0 Å². The first-order valence-corrected chi connectivity index (χ1v) is 14.8. The van der Waals surface area contributed by atoms with Crippen LogP contribution in [0.3, 0.4) is 0 Å². The van der Waals surface area contributed by atoms with Gasteiger partial charge in [0.25, 0.3) is 0 Å². The Hall–Kier alpha value is 0.137. The van der Waals surface area contributed by atoms with Gasteiger partial charge in [-0.15, -0.1) is 0 Å². The predicted octanol–water partition coefficient (Wildman–Crippen LogP) is 5.22. The zero-order valence-electron chi connectivity index (χ0n) is 17.9. The minimum Gasteiger partial charge on any atom is -0.411 e. The fourth-order valence-electron chi connectivity index (χ4n) is 11.3. The molecule has 0 aromatic rings. The van der Waals surface area contributed by atoms with Crippen LogP contribution in [0.2, 0.25) is 18.1 Å². The lowest BCUT2D eigenvalue weighted by Crippen LogP contribution is -2.74. The van der Waals surface area contributed by atoms with Crippen molar-refractivity contribution in [3.8, 4) is 0 Å². The van der Waals surface area contributed by atoms with E-state index in [0.29, 0.717) is 10.5 Å². The molecule has 0 radical (unpaired) electrons. The Labute approximate surface area is 166 Å². The highest BCUT2D eigenvalue weighted by Crippen LogP contribution is 2.86. The molecule has 11 atom stereocenters. The average molecular weight is 387 g/mol. The molecular weight excluding hydrogens is 348 g/mol. The summed E-state index contributed by atoms with van der Waals surface area (Å²) in [6, 6.07) is 0. The Balaban J connectivity index is 1.37. The lowest BCUT2D eigenvalue weighted by atomic mass is 9.31. The molecule has 0 aliphatic heterocycles. The Kier molecular flexibility index (Phi) is 2.67. The van der Waals surface area contributed by atoms with E-state index in [1.165, 1.54) is 25.7 Å². The quantitative estimate of drug-likeness (QED) is 0.659. The minimum absolute atomic E-state index is 0.165. The van der Waals surface area contributed by atoms with E-state index in [9.17, 15) is 5.11 Å². The van der Waals surface area contributed by atoms with Crippen molar-refractivity contribution in [1.29, 1.82) is 0 Å². The average Bonchev–Trinajstić information content (AvgIpc) is 2.67. The molecule has 0 saturated heterocycles. The summed E-state index contributed by atoms with van der Waals surface area (Å²) in [6.07, 6.45) is 8.96. The van der Waals surface area contributed by atoms with Crippen molar-refractivity contribution in [2.75, 3.05) is 0 Å². The summed E-state index contributed by atoms with van der Waals surface area (Å²) in [4.78, 5) is 0. The van der Waals surface area contributed by atoms with E-state index < -0.39 is 8.32 Å². The molecule has 8 fully saturated rings. The van der Waals surface area contributed by atoms with Crippen molar-refractivity contribution in [3.63, 3.8) is 0 Å². The molecule has 0 aromatic carbocycles. The Morgan fingerprint density at radius 2 is 1.59 bits per heavy atom. The monoisotopic (exact) mass is 386 g/mol. The minimum atomic E-state index is -1.77. The second kappa shape index (κ2) is 4.28. The van der Waals surface area contributed by atoms with Crippen molar-refractivity contribution in [2.45, 2.75) is 95.1 Å².